The number of ether oxygens (including phenoxy) is 1. The number of methoxy groups -OCH3 is 1. The van der Waals surface area contributed by atoms with Gasteiger partial charge in [-0.25, -0.2) is 0 Å². The average molecular weight is 378 g/mol. The third-order valence-electron chi connectivity index (χ3n) is 4.89. The van der Waals surface area contributed by atoms with Gasteiger partial charge in [0.25, 0.3) is 0 Å². The van der Waals surface area contributed by atoms with Gasteiger partial charge in [0, 0.05) is 56.7 Å². The average Bonchev–Trinajstić information content (AvgIpc) is 2.69. The standard InChI is InChI=1S/C19H27N3O3S/c1-25-17-4-2-3-15(11-17)12-18(23)21-6-8-22(9-7-21)19(24)13-16-14-26-10-5-20-16/h2-4,11,16,20H,5-10,12-14H2,1H3. The van der Waals surface area contributed by atoms with Crippen LogP contribution in [0.15, 0.2) is 24.3 Å². The largest absolute Gasteiger partial charge is 0.497 e. The summed E-state index contributed by atoms with van der Waals surface area (Å²) in [5.41, 5.74) is 0.953. The van der Waals surface area contributed by atoms with Crippen molar-refractivity contribution in [1.82, 2.24) is 15.1 Å². The van der Waals surface area contributed by atoms with Gasteiger partial charge in [0.2, 0.25) is 11.8 Å². The first-order valence-electron chi connectivity index (χ1n) is 9.15. The second-order valence-electron chi connectivity index (χ2n) is 6.72. The minimum absolute atomic E-state index is 0.107. The second kappa shape index (κ2) is 9.28. The van der Waals surface area contributed by atoms with Gasteiger partial charge in [0.1, 0.15) is 5.75 Å². The van der Waals surface area contributed by atoms with Crippen molar-refractivity contribution in [2.45, 2.75) is 18.9 Å². The first-order chi connectivity index (χ1) is 12.7. The Hall–Kier alpha value is -1.73. The van der Waals surface area contributed by atoms with E-state index >= 15 is 0 Å². The number of rotatable bonds is 5. The van der Waals surface area contributed by atoms with Gasteiger partial charge in [-0.3, -0.25) is 9.59 Å². The second-order valence-corrected chi connectivity index (χ2v) is 7.87. The number of amides is 2. The Kier molecular flexibility index (Phi) is 6.80. The van der Waals surface area contributed by atoms with Crippen molar-refractivity contribution in [3.63, 3.8) is 0 Å². The van der Waals surface area contributed by atoms with Gasteiger partial charge in [-0.2, -0.15) is 11.8 Å². The van der Waals surface area contributed by atoms with E-state index in [1.54, 1.807) is 7.11 Å². The zero-order valence-corrected chi connectivity index (χ0v) is 16.1. The van der Waals surface area contributed by atoms with Gasteiger partial charge in [0.15, 0.2) is 0 Å². The molecule has 2 fully saturated rings. The minimum Gasteiger partial charge on any atom is -0.497 e. The molecule has 7 heteroatoms. The van der Waals surface area contributed by atoms with Crippen molar-refractivity contribution in [3.05, 3.63) is 29.8 Å². The van der Waals surface area contributed by atoms with Crippen LogP contribution in [-0.2, 0) is 16.0 Å². The monoisotopic (exact) mass is 377 g/mol. The topological polar surface area (TPSA) is 61.9 Å². The minimum atomic E-state index is 0.107. The van der Waals surface area contributed by atoms with E-state index in [9.17, 15) is 9.59 Å². The summed E-state index contributed by atoms with van der Waals surface area (Å²) in [5.74, 6) is 3.20. The molecule has 3 rings (SSSR count). The Bertz CT molecular complexity index is 626. The van der Waals surface area contributed by atoms with Crippen LogP contribution in [0, 0.1) is 0 Å². The molecule has 0 aromatic heterocycles. The van der Waals surface area contributed by atoms with Crippen molar-refractivity contribution >= 4 is 23.6 Å². The third kappa shape index (κ3) is 5.14. The molecule has 0 radical (unpaired) electrons. The number of carbonyl (C=O) groups is 2. The van der Waals surface area contributed by atoms with Crippen LogP contribution in [0.25, 0.3) is 0 Å². The van der Waals surface area contributed by atoms with Crippen LogP contribution in [-0.4, -0.2) is 79.0 Å². The van der Waals surface area contributed by atoms with Gasteiger partial charge in [-0.05, 0) is 17.7 Å². The van der Waals surface area contributed by atoms with E-state index in [0.29, 0.717) is 39.0 Å². The van der Waals surface area contributed by atoms with Gasteiger partial charge in [-0.1, -0.05) is 12.1 Å². The molecule has 0 aliphatic carbocycles. The molecule has 2 heterocycles. The van der Waals surface area contributed by atoms with Crippen LogP contribution in [0.1, 0.15) is 12.0 Å². The molecule has 26 heavy (non-hydrogen) atoms. The molecule has 1 aromatic rings. The van der Waals surface area contributed by atoms with E-state index in [1.165, 1.54) is 0 Å². The first kappa shape index (κ1) is 19.0. The Morgan fingerprint density at radius 3 is 2.58 bits per heavy atom. The van der Waals surface area contributed by atoms with Crippen molar-refractivity contribution in [1.29, 1.82) is 0 Å². The SMILES string of the molecule is COc1cccc(CC(=O)N2CCN(C(=O)CC3CSCCN3)CC2)c1. The Labute approximate surface area is 159 Å². The Morgan fingerprint density at radius 1 is 1.19 bits per heavy atom. The highest BCUT2D eigenvalue weighted by molar-refractivity contribution is 7.99. The van der Waals surface area contributed by atoms with E-state index in [0.717, 1.165) is 29.4 Å². The van der Waals surface area contributed by atoms with Crippen LogP contribution in [0.4, 0.5) is 0 Å². The lowest BCUT2D eigenvalue weighted by Crippen LogP contribution is -2.52. The van der Waals surface area contributed by atoms with Gasteiger partial charge >= 0.3 is 0 Å². The zero-order valence-electron chi connectivity index (χ0n) is 15.3. The summed E-state index contributed by atoms with van der Waals surface area (Å²) in [6.07, 6.45) is 0.930. The maximum atomic E-state index is 12.5. The summed E-state index contributed by atoms with van der Waals surface area (Å²) >= 11 is 1.90. The number of carbonyl (C=O) groups excluding carboxylic acids is 2. The van der Waals surface area contributed by atoms with E-state index in [4.69, 9.17) is 4.74 Å². The summed E-state index contributed by atoms with van der Waals surface area (Å²) in [6, 6.07) is 7.89. The molecule has 2 saturated heterocycles. The molecule has 0 saturated carbocycles. The third-order valence-corrected chi connectivity index (χ3v) is 6.02. The van der Waals surface area contributed by atoms with Crippen LogP contribution in [0.5, 0.6) is 5.75 Å². The summed E-state index contributed by atoms with van der Waals surface area (Å²) in [7, 11) is 1.62. The van der Waals surface area contributed by atoms with Crippen LogP contribution in [0.3, 0.4) is 0 Å². The predicted molar refractivity (Wildman–Crippen MR) is 104 cm³/mol. The van der Waals surface area contributed by atoms with Gasteiger partial charge in [0.05, 0.1) is 13.5 Å². The summed E-state index contributed by atoms with van der Waals surface area (Å²) in [4.78, 5) is 28.8. The molecule has 142 valence electrons. The van der Waals surface area contributed by atoms with E-state index in [-0.39, 0.29) is 17.9 Å². The lowest BCUT2D eigenvalue weighted by molar-refractivity contribution is -0.139. The van der Waals surface area contributed by atoms with E-state index in [2.05, 4.69) is 5.32 Å². The van der Waals surface area contributed by atoms with Crippen molar-refractivity contribution < 1.29 is 14.3 Å². The van der Waals surface area contributed by atoms with E-state index in [1.807, 2.05) is 45.8 Å². The fourth-order valence-electron chi connectivity index (χ4n) is 3.36. The van der Waals surface area contributed by atoms with Gasteiger partial charge in [-0.15, -0.1) is 0 Å². The zero-order chi connectivity index (χ0) is 18.4. The molecular weight excluding hydrogens is 350 g/mol. The maximum Gasteiger partial charge on any atom is 0.227 e. The Morgan fingerprint density at radius 2 is 1.92 bits per heavy atom. The lowest BCUT2D eigenvalue weighted by atomic mass is 10.1. The molecule has 2 aliphatic heterocycles. The molecule has 2 amide bonds. The molecule has 1 unspecified atom stereocenters. The summed E-state index contributed by atoms with van der Waals surface area (Å²) in [6.45, 7) is 3.46. The number of thioether (sulfide) groups is 1. The quantitative estimate of drug-likeness (QED) is 0.830. The van der Waals surface area contributed by atoms with Crippen LogP contribution >= 0.6 is 11.8 Å². The van der Waals surface area contributed by atoms with Crippen molar-refractivity contribution in [3.8, 4) is 5.75 Å². The van der Waals surface area contributed by atoms with E-state index < -0.39 is 0 Å². The highest BCUT2D eigenvalue weighted by Gasteiger charge is 2.26. The molecule has 0 spiro atoms. The molecule has 1 atom stereocenters. The maximum absolute atomic E-state index is 12.5. The van der Waals surface area contributed by atoms with Crippen LogP contribution < -0.4 is 10.1 Å². The number of hydrogen-bond acceptors (Lipinski definition) is 5. The highest BCUT2D eigenvalue weighted by Crippen LogP contribution is 2.15. The lowest BCUT2D eigenvalue weighted by Gasteiger charge is -2.36. The number of piperazine rings is 1. The summed E-state index contributed by atoms with van der Waals surface area (Å²) in [5, 5.41) is 3.41. The predicted octanol–water partition coefficient (Wildman–Crippen LogP) is 1.00. The Balaban J connectivity index is 1.45. The normalized spacial score (nSPS) is 20.7. The molecule has 0 bridgehead atoms. The van der Waals surface area contributed by atoms with Crippen LogP contribution in [0.2, 0.25) is 0 Å². The molecular formula is C19H27N3O3S. The first-order valence-corrected chi connectivity index (χ1v) is 10.3. The number of benzene rings is 1. The molecule has 2 aliphatic rings. The molecule has 1 N–H and O–H groups in total. The number of hydrogen-bond donors (Lipinski definition) is 1. The fourth-order valence-corrected chi connectivity index (χ4v) is 4.31. The fraction of sp³-hybridized carbons (Fsp3) is 0.579. The number of nitrogens with one attached hydrogen (secondary N) is 1. The smallest absolute Gasteiger partial charge is 0.227 e. The number of nitrogens with zero attached hydrogens (tertiary/aromatic N) is 2. The van der Waals surface area contributed by atoms with Crippen molar-refractivity contribution in [2.75, 3.05) is 51.3 Å². The highest BCUT2D eigenvalue weighted by atomic mass is 32.2. The molecule has 6 nitrogen and oxygen atoms in total. The summed E-state index contributed by atoms with van der Waals surface area (Å²) < 4.78 is 5.21. The molecule has 1 aromatic carbocycles. The van der Waals surface area contributed by atoms with Crippen molar-refractivity contribution in [2.24, 2.45) is 0 Å². The van der Waals surface area contributed by atoms with Gasteiger partial charge < -0.3 is 19.9 Å².